The van der Waals surface area contributed by atoms with E-state index in [0.29, 0.717) is 5.39 Å². The number of esters is 1. The lowest BCUT2D eigenvalue weighted by molar-refractivity contribution is -0.191. The molecule has 1 unspecified atom stereocenters. The van der Waals surface area contributed by atoms with Crippen LogP contribution in [0.25, 0.3) is 21.9 Å². The molecule has 6 atom stereocenters. The number of hydrogen-bond donors (Lipinski definition) is 4. The van der Waals surface area contributed by atoms with Crippen molar-refractivity contribution < 1.29 is 46.9 Å². The Morgan fingerprint density at radius 2 is 1.89 bits per heavy atom. The number of halogens is 2. The van der Waals surface area contributed by atoms with E-state index in [2.05, 4.69) is 20.0 Å². The Morgan fingerprint density at radius 3 is 2.59 bits per heavy atom. The second-order valence-electron chi connectivity index (χ2n) is 10.5. The highest BCUT2D eigenvalue weighted by atomic mass is 31.2. The number of imidazole rings is 1. The van der Waals surface area contributed by atoms with Crippen LogP contribution < -0.4 is 15.3 Å². The first-order valence-corrected chi connectivity index (χ1v) is 15.0. The van der Waals surface area contributed by atoms with Gasteiger partial charge < -0.3 is 29.9 Å². The molecule has 2 aromatic heterocycles. The number of aliphatic hydroxyl groups is 2. The van der Waals surface area contributed by atoms with E-state index in [1.807, 2.05) is 12.1 Å². The van der Waals surface area contributed by atoms with Crippen LogP contribution in [0.3, 0.4) is 0 Å². The van der Waals surface area contributed by atoms with Crippen LogP contribution in [-0.2, 0) is 23.4 Å². The lowest BCUT2D eigenvalue weighted by Crippen LogP contribution is -2.53. The van der Waals surface area contributed by atoms with Crippen molar-refractivity contribution in [1.82, 2.24) is 24.6 Å². The van der Waals surface area contributed by atoms with Crippen molar-refractivity contribution in [3.05, 3.63) is 55.1 Å². The highest BCUT2D eigenvalue weighted by Gasteiger charge is 2.61. The standard InChI is InChI=1S/C27H31F2N6O8P/c1-14(2)41-25(38)15(3)34-44(39,43-18-9-8-16-6-4-5-7-17(16)10-18)40-11-27(26(28)29)21(37)20(36)24(42-27)35-13-33-19-22(30)31-12-32-23(19)35/h4-10,12-15,20-21,24,26,36-37H,11H2,1-3H3,(H,34,39)(H2,30,31,32)/t15-,20+,21-,24+,27+,44?/m0/s1. The fourth-order valence-electron chi connectivity index (χ4n) is 4.71. The first kappa shape index (κ1) is 31.6. The number of aliphatic hydroxyl groups excluding tert-OH is 2. The lowest BCUT2D eigenvalue weighted by atomic mass is 9.96. The summed E-state index contributed by atoms with van der Waals surface area (Å²) in [6.07, 6.45) is -7.54. The average Bonchev–Trinajstić information content (AvgIpc) is 3.51. The number of nitrogens with two attached hydrogens (primary N) is 1. The normalized spacial score (nSPS) is 24.2. The molecule has 4 aromatic rings. The number of nitrogen functional groups attached to an aromatic ring is 1. The third kappa shape index (κ3) is 6.09. The van der Waals surface area contributed by atoms with Crippen molar-refractivity contribution in [3.63, 3.8) is 0 Å². The molecule has 0 spiro atoms. The first-order valence-electron chi connectivity index (χ1n) is 13.5. The Morgan fingerprint density at radius 1 is 1.16 bits per heavy atom. The number of nitrogens with zero attached hydrogens (tertiary/aromatic N) is 4. The molecule has 236 valence electrons. The zero-order valence-electron chi connectivity index (χ0n) is 23.8. The van der Waals surface area contributed by atoms with Gasteiger partial charge in [0.15, 0.2) is 23.3 Å². The van der Waals surface area contributed by atoms with Crippen molar-refractivity contribution in [3.8, 4) is 5.75 Å². The molecule has 0 amide bonds. The number of hydrogen-bond acceptors (Lipinski definition) is 12. The number of carbonyl (C=O) groups is 1. The first-order chi connectivity index (χ1) is 20.8. The summed E-state index contributed by atoms with van der Waals surface area (Å²) in [6.45, 7) is 3.31. The molecule has 1 saturated heterocycles. The molecule has 3 heterocycles. The number of anilines is 1. The number of nitrogens with one attached hydrogen (secondary N) is 1. The van der Waals surface area contributed by atoms with Gasteiger partial charge in [-0.2, -0.15) is 5.09 Å². The van der Waals surface area contributed by atoms with Gasteiger partial charge in [0.25, 0.3) is 6.43 Å². The van der Waals surface area contributed by atoms with Crippen LogP contribution in [0.2, 0.25) is 0 Å². The molecular weight excluding hydrogens is 605 g/mol. The summed E-state index contributed by atoms with van der Waals surface area (Å²) in [5.41, 5.74) is 3.05. The Balaban J connectivity index is 1.45. The van der Waals surface area contributed by atoms with Crippen molar-refractivity contribution in [2.45, 2.75) is 63.4 Å². The quantitative estimate of drug-likeness (QED) is 0.139. The maximum atomic E-state index is 14.8. The summed E-state index contributed by atoms with van der Waals surface area (Å²) in [4.78, 5) is 24.4. The van der Waals surface area contributed by atoms with Gasteiger partial charge in [-0.1, -0.05) is 30.3 Å². The number of carbonyl (C=O) groups excluding carboxylic acids is 1. The van der Waals surface area contributed by atoms with Gasteiger partial charge in [-0.3, -0.25) is 13.9 Å². The third-order valence-corrected chi connectivity index (χ3v) is 8.57. The van der Waals surface area contributed by atoms with Crippen LogP contribution in [0.15, 0.2) is 55.1 Å². The molecule has 0 aliphatic carbocycles. The van der Waals surface area contributed by atoms with Gasteiger partial charge in [-0.05, 0) is 43.7 Å². The van der Waals surface area contributed by atoms with E-state index in [1.54, 1.807) is 38.1 Å². The van der Waals surface area contributed by atoms with Gasteiger partial charge in [0, 0.05) is 0 Å². The summed E-state index contributed by atoms with van der Waals surface area (Å²) < 4.78 is 66.6. The molecule has 2 aromatic carbocycles. The van der Waals surface area contributed by atoms with Crippen LogP contribution in [0.4, 0.5) is 14.6 Å². The second kappa shape index (κ2) is 12.3. The van der Waals surface area contributed by atoms with E-state index in [-0.39, 0.29) is 22.7 Å². The molecule has 0 radical (unpaired) electrons. The summed E-state index contributed by atoms with van der Waals surface area (Å²) in [6, 6.07) is 10.7. The molecule has 17 heteroatoms. The molecule has 1 aliphatic rings. The van der Waals surface area contributed by atoms with E-state index in [4.69, 9.17) is 24.3 Å². The maximum absolute atomic E-state index is 14.8. The predicted octanol–water partition coefficient (Wildman–Crippen LogP) is 2.95. The third-order valence-electron chi connectivity index (χ3n) is 6.95. The zero-order chi connectivity index (χ0) is 31.8. The van der Waals surface area contributed by atoms with E-state index < -0.39 is 62.9 Å². The van der Waals surface area contributed by atoms with Crippen LogP contribution in [0, 0.1) is 0 Å². The second-order valence-corrected chi connectivity index (χ2v) is 12.2. The monoisotopic (exact) mass is 636 g/mol. The number of alkyl halides is 2. The predicted molar refractivity (Wildman–Crippen MR) is 153 cm³/mol. The molecule has 1 fully saturated rings. The summed E-state index contributed by atoms with van der Waals surface area (Å²) in [5, 5.41) is 25.7. The van der Waals surface area contributed by atoms with Crippen molar-refractivity contribution in [1.29, 1.82) is 0 Å². The highest BCUT2D eigenvalue weighted by Crippen LogP contribution is 2.49. The number of ether oxygens (including phenoxy) is 2. The average molecular weight is 637 g/mol. The Hall–Kier alpha value is -3.79. The molecule has 5 rings (SSSR count). The smallest absolute Gasteiger partial charge is 0.459 e. The van der Waals surface area contributed by atoms with Gasteiger partial charge in [0.05, 0.1) is 19.0 Å². The molecule has 14 nitrogen and oxygen atoms in total. The summed E-state index contributed by atoms with van der Waals surface area (Å²) >= 11 is 0. The van der Waals surface area contributed by atoms with Crippen LogP contribution in [0.1, 0.15) is 27.0 Å². The van der Waals surface area contributed by atoms with Crippen LogP contribution >= 0.6 is 7.75 Å². The van der Waals surface area contributed by atoms with E-state index in [0.717, 1.165) is 22.6 Å². The largest absolute Gasteiger partial charge is 0.462 e. The number of benzene rings is 2. The van der Waals surface area contributed by atoms with Gasteiger partial charge in [0.2, 0.25) is 0 Å². The SMILES string of the molecule is CC(C)OC(=O)[C@H](C)NP(=O)(OC[C@@]1(C(F)F)O[C@@H](n2cnc3c(N)ncnc32)[C@H](O)[C@@H]1O)Oc1ccc2ccccc2c1. The van der Waals surface area contributed by atoms with Gasteiger partial charge in [0.1, 0.15) is 35.8 Å². The number of fused-ring (bicyclic) bond motifs is 2. The molecular formula is C27H31F2N6O8P. The maximum Gasteiger partial charge on any atom is 0.459 e. The molecule has 1 aliphatic heterocycles. The minimum Gasteiger partial charge on any atom is -0.462 e. The van der Waals surface area contributed by atoms with Gasteiger partial charge in [-0.25, -0.2) is 28.3 Å². The summed E-state index contributed by atoms with van der Waals surface area (Å²) in [7, 11) is -4.69. The van der Waals surface area contributed by atoms with E-state index in [9.17, 15) is 28.4 Å². The minimum absolute atomic E-state index is 0.00629. The number of aromatic nitrogens is 4. The minimum atomic E-state index is -4.69. The summed E-state index contributed by atoms with van der Waals surface area (Å²) in [5.74, 6) is -0.786. The molecule has 44 heavy (non-hydrogen) atoms. The van der Waals surface area contributed by atoms with Crippen molar-refractivity contribution in [2.75, 3.05) is 12.3 Å². The van der Waals surface area contributed by atoms with Gasteiger partial charge >= 0.3 is 13.7 Å². The van der Waals surface area contributed by atoms with Crippen LogP contribution in [0.5, 0.6) is 5.75 Å². The van der Waals surface area contributed by atoms with E-state index in [1.165, 1.54) is 13.0 Å². The Labute approximate surface area is 249 Å². The van der Waals surface area contributed by atoms with Crippen LogP contribution in [-0.4, -0.2) is 78.7 Å². The number of rotatable bonds is 11. The Bertz CT molecular complexity index is 1710. The zero-order valence-corrected chi connectivity index (χ0v) is 24.7. The topological polar surface area (TPSA) is 193 Å². The van der Waals surface area contributed by atoms with Crippen molar-refractivity contribution >= 4 is 41.5 Å². The van der Waals surface area contributed by atoms with Gasteiger partial charge in [-0.15, -0.1) is 0 Å². The van der Waals surface area contributed by atoms with Crippen molar-refractivity contribution in [2.24, 2.45) is 0 Å². The molecule has 5 N–H and O–H groups in total. The highest BCUT2D eigenvalue weighted by molar-refractivity contribution is 7.52. The Kier molecular flexibility index (Phi) is 8.84. The van der Waals surface area contributed by atoms with E-state index >= 15 is 0 Å². The fourth-order valence-corrected chi connectivity index (χ4v) is 6.24. The molecule has 0 saturated carbocycles. The fraction of sp³-hybridized carbons (Fsp3) is 0.407. The molecule has 0 bridgehead atoms. The lowest BCUT2D eigenvalue weighted by Gasteiger charge is -2.32.